The summed E-state index contributed by atoms with van der Waals surface area (Å²) in [4.78, 5) is 10.3. The molecule has 1 aliphatic heterocycles. The van der Waals surface area contributed by atoms with Crippen LogP contribution in [0.1, 0.15) is 31.0 Å². The van der Waals surface area contributed by atoms with E-state index in [1.807, 2.05) is 6.92 Å². The molecule has 1 aromatic heterocycles. The number of thiazole rings is 1. The van der Waals surface area contributed by atoms with Crippen molar-refractivity contribution < 1.29 is 13.2 Å². The summed E-state index contributed by atoms with van der Waals surface area (Å²) in [6.45, 7) is 9.02. The summed E-state index contributed by atoms with van der Waals surface area (Å²) in [5.74, 6) is 1.20. The first-order valence-electron chi connectivity index (χ1n) is 8.18. The number of halogens is 3. The molecule has 5 nitrogen and oxygen atoms in total. The van der Waals surface area contributed by atoms with Gasteiger partial charge in [-0.2, -0.15) is 13.2 Å². The number of likely N-dealkylation sites (tertiary alicyclic amines) is 1. The summed E-state index contributed by atoms with van der Waals surface area (Å²) in [5, 5.41) is 7.79. The van der Waals surface area contributed by atoms with Crippen molar-refractivity contribution in [3.05, 3.63) is 16.1 Å². The number of alkyl halides is 3. The van der Waals surface area contributed by atoms with Gasteiger partial charge in [0.15, 0.2) is 11.7 Å². The second-order valence-electron chi connectivity index (χ2n) is 5.75. The van der Waals surface area contributed by atoms with Crippen LogP contribution in [-0.4, -0.2) is 48.6 Å². The number of rotatable bonds is 6. The Balaban J connectivity index is 1.87. The van der Waals surface area contributed by atoms with Crippen molar-refractivity contribution in [1.82, 2.24) is 20.5 Å². The first-order valence-corrected chi connectivity index (χ1v) is 9.06. The number of nitrogens with zero attached hydrogens (tertiary/aromatic N) is 3. The van der Waals surface area contributed by atoms with Crippen LogP contribution in [0.3, 0.4) is 0 Å². The molecule has 2 rings (SSSR count). The van der Waals surface area contributed by atoms with Gasteiger partial charge < -0.3 is 15.5 Å². The van der Waals surface area contributed by atoms with E-state index in [1.54, 1.807) is 0 Å². The largest absolute Gasteiger partial charge is 0.434 e. The fourth-order valence-corrected chi connectivity index (χ4v) is 3.33. The zero-order valence-electron chi connectivity index (χ0n) is 14.0. The summed E-state index contributed by atoms with van der Waals surface area (Å²) in [6, 6.07) is 0. The van der Waals surface area contributed by atoms with Crippen molar-refractivity contribution in [1.29, 1.82) is 0 Å². The Morgan fingerprint density at radius 2 is 2.21 bits per heavy atom. The average Bonchev–Trinajstić information content (AvgIpc) is 3.18. The van der Waals surface area contributed by atoms with Gasteiger partial charge in [-0.15, -0.1) is 11.3 Å². The molecule has 9 heteroatoms. The monoisotopic (exact) mass is 363 g/mol. The van der Waals surface area contributed by atoms with Crippen molar-refractivity contribution in [3.63, 3.8) is 0 Å². The van der Waals surface area contributed by atoms with Crippen LogP contribution in [0.25, 0.3) is 0 Å². The molecule has 0 radical (unpaired) electrons. The van der Waals surface area contributed by atoms with Crippen LogP contribution in [0.4, 0.5) is 13.2 Å². The van der Waals surface area contributed by atoms with E-state index in [1.165, 1.54) is 0 Å². The van der Waals surface area contributed by atoms with Gasteiger partial charge in [0.25, 0.3) is 0 Å². The number of aromatic nitrogens is 1. The Hall–Kier alpha value is -1.35. The molecular formula is C15H24F3N5S. The molecule has 1 aromatic rings. The molecule has 136 valence electrons. The third-order valence-corrected chi connectivity index (χ3v) is 4.77. The topological polar surface area (TPSA) is 52.6 Å². The van der Waals surface area contributed by atoms with Crippen molar-refractivity contribution in [2.45, 2.75) is 33.0 Å². The molecule has 1 unspecified atom stereocenters. The number of aliphatic imine (C=N–C) groups is 1. The van der Waals surface area contributed by atoms with Gasteiger partial charge in [-0.25, -0.2) is 9.98 Å². The number of nitrogens with one attached hydrogen (secondary N) is 2. The van der Waals surface area contributed by atoms with Crippen molar-refractivity contribution in [2.24, 2.45) is 10.9 Å². The van der Waals surface area contributed by atoms with Gasteiger partial charge >= 0.3 is 6.18 Å². The lowest BCUT2D eigenvalue weighted by Crippen LogP contribution is -2.40. The maximum Gasteiger partial charge on any atom is 0.434 e. The Kier molecular flexibility index (Phi) is 6.85. The van der Waals surface area contributed by atoms with E-state index in [0.717, 1.165) is 49.3 Å². The normalized spacial score (nSPS) is 19.7. The molecule has 0 spiro atoms. The van der Waals surface area contributed by atoms with Crippen molar-refractivity contribution in [3.8, 4) is 0 Å². The zero-order chi connectivity index (χ0) is 17.6. The van der Waals surface area contributed by atoms with E-state index < -0.39 is 11.9 Å². The Labute approximate surface area is 144 Å². The predicted octanol–water partition coefficient (Wildman–Crippen LogP) is 2.56. The molecule has 1 atom stereocenters. The Morgan fingerprint density at radius 1 is 1.42 bits per heavy atom. The SMILES string of the molecule is CCNC(=NCc1nc(C(F)(F)F)cs1)NCC1CCN(CC)C1. The van der Waals surface area contributed by atoms with Gasteiger partial charge in [0.05, 0.1) is 6.54 Å². The van der Waals surface area contributed by atoms with E-state index in [4.69, 9.17) is 0 Å². The first kappa shape index (κ1) is 19.0. The van der Waals surface area contributed by atoms with Crippen LogP contribution in [0.2, 0.25) is 0 Å². The average molecular weight is 363 g/mol. The molecule has 2 heterocycles. The second kappa shape index (κ2) is 8.66. The van der Waals surface area contributed by atoms with Crippen LogP contribution < -0.4 is 10.6 Å². The van der Waals surface area contributed by atoms with Crippen LogP contribution >= 0.6 is 11.3 Å². The van der Waals surface area contributed by atoms with Crippen LogP contribution in [0.5, 0.6) is 0 Å². The highest BCUT2D eigenvalue weighted by Gasteiger charge is 2.33. The van der Waals surface area contributed by atoms with Gasteiger partial charge in [0, 0.05) is 25.0 Å². The van der Waals surface area contributed by atoms with E-state index in [-0.39, 0.29) is 6.54 Å². The molecule has 1 saturated heterocycles. The summed E-state index contributed by atoms with van der Waals surface area (Å²) in [5.41, 5.74) is -0.846. The summed E-state index contributed by atoms with van der Waals surface area (Å²) in [6.07, 6.45) is -3.24. The van der Waals surface area contributed by atoms with Gasteiger partial charge in [-0.05, 0) is 32.4 Å². The minimum atomic E-state index is -4.39. The minimum absolute atomic E-state index is 0.141. The van der Waals surface area contributed by atoms with Gasteiger partial charge in [0.1, 0.15) is 5.01 Å². The van der Waals surface area contributed by atoms with Crippen LogP contribution in [-0.2, 0) is 12.7 Å². The molecule has 24 heavy (non-hydrogen) atoms. The molecule has 1 aliphatic rings. The molecule has 0 amide bonds. The molecule has 0 aromatic carbocycles. The van der Waals surface area contributed by atoms with E-state index >= 15 is 0 Å². The van der Waals surface area contributed by atoms with Crippen molar-refractivity contribution in [2.75, 3.05) is 32.7 Å². The zero-order valence-corrected chi connectivity index (χ0v) is 14.8. The van der Waals surface area contributed by atoms with E-state index in [2.05, 4.69) is 32.4 Å². The lowest BCUT2D eigenvalue weighted by atomic mass is 10.1. The third kappa shape index (κ3) is 5.62. The quantitative estimate of drug-likeness (QED) is 0.603. The fourth-order valence-electron chi connectivity index (χ4n) is 2.61. The molecule has 0 bridgehead atoms. The minimum Gasteiger partial charge on any atom is -0.357 e. The van der Waals surface area contributed by atoms with Crippen LogP contribution in [0.15, 0.2) is 10.4 Å². The highest BCUT2D eigenvalue weighted by molar-refractivity contribution is 7.09. The summed E-state index contributed by atoms with van der Waals surface area (Å²) < 4.78 is 37.7. The first-order chi connectivity index (χ1) is 11.4. The van der Waals surface area contributed by atoms with E-state index in [9.17, 15) is 13.2 Å². The fraction of sp³-hybridized carbons (Fsp3) is 0.733. The summed E-state index contributed by atoms with van der Waals surface area (Å²) >= 11 is 0.983. The molecule has 2 N–H and O–H groups in total. The maximum atomic E-state index is 12.6. The molecule has 1 fully saturated rings. The third-order valence-electron chi connectivity index (χ3n) is 3.93. The smallest absolute Gasteiger partial charge is 0.357 e. The van der Waals surface area contributed by atoms with Gasteiger partial charge in [-0.1, -0.05) is 6.92 Å². The lowest BCUT2D eigenvalue weighted by molar-refractivity contribution is -0.140. The van der Waals surface area contributed by atoms with Crippen LogP contribution in [0, 0.1) is 5.92 Å². The Bertz CT molecular complexity index is 543. The van der Waals surface area contributed by atoms with Gasteiger partial charge in [-0.3, -0.25) is 0 Å². The molecule has 0 aliphatic carbocycles. The second-order valence-corrected chi connectivity index (χ2v) is 6.69. The number of hydrogen-bond acceptors (Lipinski definition) is 4. The summed E-state index contributed by atoms with van der Waals surface area (Å²) in [7, 11) is 0. The molecule has 0 saturated carbocycles. The number of guanidine groups is 1. The highest BCUT2D eigenvalue weighted by Crippen LogP contribution is 2.30. The van der Waals surface area contributed by atoms with Crippen molar-refractivity contribution >= 4 is 17.3 Å². The van der Waals surface area contributed by atoms with E-state index in [0.29, 0.717) is 23.4 Å². The molecular weight excluding hydrogens is 339 g/mol. The lowest BCUT2D eigenvalue weighted by Gasteiger charge is -2.16. The Morgan fingerprint density at radius 3 is 2.79 bits per heavy atom. The highest BCUT2D eigenvalue weighted by atomic mass is 32.1. The predicted molar refractivity (Wildman–Crippen MR) is 90.2 cm³/mol. The number of hydrogen-bond donors (Lipinski definition) is 2. The maximum absolute atomic E-state index is 12.6. The van der Waals surface area contributed by atoms with Gasteiger partial charge in [0.2, 0.25) is 0 Å². The standard InChI is InChI=1S/C15H24F3N5S/c1-3-19-14(20-7-11-5-6-23(4-2)9-11)21-8-13-22-12(10-24-13)15(16,17)18/h10-11H,3-9H2,1-2H3,(H2,19,20,21).